The fourth-order valence-corrected chi connectivity index (χ4v) is 2.21. The zero-order chi connectivity index (χ0) is 16.9. The van der Waals surface area contributed by atoms with E-state index in [1.54, 1.807) is 24.3 Å². The average molecular weight is 321 g/mol. The van der Waals surface area contributed by atoms with Crippen molar-refractivity contribution in [2.75, 3.05) is 12.4 Å². The van der Waals surface area contributed by atoms with Gasteiger partial charge in [0.25, 0.3) is 11.8 Å². The molecule has 24 heavy (non-hydrogen) atoms. The van der Waals surface area contributed by atoms with E-state index in [0.29, 0.717) is 22.7 Å². The summed E-state index contributed by atoms with van der Waals surface area (Å²) in [6, 6.07) is 17.5. The molecule has 0 aliphatic carbocycles. The van der Waals surface area contributed by atoms with E-state index in [1.807, 2.05) is 30.3 Å². The first-order valence-electron chi connectivity index (χ1n) is 7.33. The van der Waals surface area contributed by atoms with Gasteiger partial charge in [-0.3, -0.25) is 9.59 Å². The number of benzene rings is 2. The molecule has 2 amide bonds. The Kier molecular flexibility index (Phi) is 4.38. The second-order valence-electron chi connectivity index (χ2n) is 5.06. The lowest BCUT2D eigenvalue weighted by Gasteiger charge is -2.04. The van der Waals surface area contributed by atoms with Gasteiger partial charge in [-0.1, -0.05) is 41.6 Å². The molecule has 0 radical (unpaired) electrons. The van der Waals surface area contributed by atoms with E-state index in [4.69, 9.17) is 4.52 Å². The van der Waals surface area contributed by atoms with Crippen LogP contribution in [0.5, 0.6) is 0 Å². The Hall–Kier alpha value is -3.41. The highest BCUT2D eigenvalue weighted by Gasteiger charge is 2.13. The summed E-state index contributed by atoms with van der Waals surface area (Å²) in [5, 5.41) is 9.02. The van der Waals surface area contributed by atoms with Gasteiger partial charge in [0, 0.05) is 29.8 Å². The fraction of sp³-hybridized carbons (Fsp3) is 0.0556. The number of nitrogens with one attached hydrogen (secondary N) is 2. The topological polar surface area (TPSA) is 84.2 Å². The molecule has 0 unspecified atom stereocenters. The smallest absolute Gasteiger partial charge is 0.256 e. The molecule has 1 heterocycles. The summed E-state index contributed by atoms with van der Waals surface area (Å²) < 4.78 is 5.24. The van der Waals surface area contributed by atoms with Gasteiger partial charge < -0.3 is 15.2 Å². The van der Waals surface area contributed by atoms with Crippen molar-refractivity contribution in [3.05, 3.63) is 71.8 Å². The molecule has 0 spiro atoms. The van der Waals surface area contributed by atoms with Gasteiger partial charge >= 0.3 is 0 Å². The lowest BCUT2D eigenvalue weighted by atomic mass is 10.1. The van der Waals surface area contributed by atoms with Crippen molar-refractivity contribution in [1.29, 1.82) is 0 Å². The average Bonchev–Trinajstić information content (AvgIpc) is 3.10. The van der Waals surface area contributed by atoms with E-state index in [2.05, 4.69) is 15.8 Å². The predicted octanol–water partition coefficient (Wildman–Crippen LogP) is 2.95. The zero-order valence-corrected chi connectivity index (χ0v) is 12.9. The minimum atomic E-state index is -0.367. The molecule has 3 rings (SSSR count). The maximum absolute atomic E-state index is 12.3. The van der Waals surface area contributed by atoms with E-state index in [1.165, 1.54) is 13.1 Å². The molecule has 0 saturated heterocycles. The van der Waals surface area contributed by atoms with Crippen molar-refractivity contribution in [1.82, 2.24) is 10.5 Å². The van der Waals surface area contributed by atoms with Gasteiger partial charge in [-0.25, -0.2) is 0 Å². The molecule has 0 fully saturated rings. The maximum atomic E-state index is 12.3. The summed E-state index contributed by atoms with van der Waals surface area (Å²) in [5.74, 6) is 0.250. The standard InChI is InChI=1S/C18H15N3O3/c1-19-17(22)13-8-5-9-14(10-13)18(23)20-16-11-15(24-21-16)12-6-3-2-4-7-12/h2-11H,1H3,(H,19,22)(H,20,21,23). The highest BCUT2D eigenvalue weighted by atomic mass is 16.5. The first-order chi connectivity index (χ1) is 11.7. The first kappa shape index (κ1) is 15.5. The quantitative estimate of drug-likeness (QED) is 0.774. The SMILES string of the molecule is CNC(=O)c1cccc(C(=O)Nc2cc(-c3ccccc3)on2)c1. The first-order valence-corrected chi connectivity index (χ1v) is 7.33. The Balaban J connectivity index is 1.76. The van der Waals surface area contributed by atoms with E-state index in [0.717, 1.165) is 5.56 Å². The van der Waals surface area contributed by atoms with Gasteiger partial charge in [0.1, 0.15) is 0 Å². The Morgan fingerprint density at radius 3 is 2.33 bits per heavy atom. The van der Waals surface area contributed by atoms with Crippen LogP contribution in [0.1, 0.15) is 20.7 Å². The minimum absolute atomic E-state index is 0.252. The number of anilines is 1. The molecule has 2 N–H and O–H groups in total. The monoisotopic (exact) mass is 321 g/mol. The normalized spacial score (nSPS) is 10.2. The highest BCUT2D eigenvalue weighted by Crippen LogP contribution is 2.22. The minimum Gasteiger partial charge on any atom is -0.355 e. The third-order valence-electron chi connectivity index (χ3n) is 3.42. The molecule has 0 saturated carbocycles. The van der Waals surface area contributed by atoms with Gasteiger partial charge in [0.2, 0.25) is 0 Å². The van der Waals surface area contributed by atoms with Crippen molar-refractivity contribution in [2.24, 2.45) is 0 Å². The molecule has 6 nitrogen and oxygen atoms in total. The van der Waals surface area contributed by atoms with E-state index >= 15 is 0 Å². The van der Waals surface area contributed by atoms with E-state index < -0.39 is 0 Å². The van der Waals surface area contributed by atoms with Crippen LogP contribution in [0.15, 0.2) is 65.2 Å². The summed E-state index contributed by atoms with van der Waals surface area (Å²) in [4.78, 5) is 23.9. The molecule has 0 atom stereocenters. The van der Waals surface area contributed by atoms with Gasteiger partial charge in [0.05, 0.1) is 0 Å². The van der Waals surface area contributed by atoms with Crippen LogP contribution in [0.25, 0.3) is 11.3 Å². The van der Waals surface area contributed by atoms with Gasteiger partial charge in [0.15, 0.2) is 11.6 Å². The Morgan fingerprint density at radius 1 is 0.917 bits per heavy atom. The third-order valence-corrected chi connectivity index (χ3v) is 3.42. The molecule has 1 aromatic heterocycles. The molecule has 120 valence electrons. The lowest BCUT2D eigenvalue weighted by molar-refractivity contribution is 0.0963. The van der Waals surface area contributed by atoms with Crippen molar-refractivity contribution in [3.63, 3.8) is 0 Å². The van der Waals surface area contributed by atoms with Crippen molar-refractivity contribution in [2.45, 2.75) is 0 Å². The Morgan fingerprint density at radius 2 is 1.62 bits per heavy atom. The van der Waals surface area contributed by atoms with E-state index in [9.17, 15) is 9.59 Å². The maximum Gasteiger partial charge on any atom is 0.256 e. The molecular weight excluding hydrogens is 306 g/mol. The number of nitrogens with zero attached hydrogens (tertiary/aromatic N) is 1. The molecule has 2 aromatic carbocycles. The van der Waals surface area contributed by atoms with Crippen LogP contribution in [0.4, 0.5) is 5.82 Å². The second kappa shape index (κ2) is 6.78. The van der Waals surface area contributed by atoms with E-state index in [-0.39, 0.29) is 11.8 Å². The van der Waals surface area contributed by atoms with Crippen LogP contribution >= 0.6 is 0 Å². The lowest BCUT2D eigenvalue weighted by Crippen LogP contribution is -2.19. The number of hydrogen-bond donors (Lipinski definition) is 2. The molecule has 0 aliphatic rings. The fourth-order valence-electron chi connectivity index (χ4n) is 2.21. The largest absolute Gasteiger partial charge is 0.355 e. The number of amides is 2. The predicted molar refractivity (Wildman–Crippen MR) is 89.7 cm³/mol. The number of aromatic nitrogens is 1. The molecule has 0 aliphatic heterocycles. The summed E-state index contributed by atoms with van der Waals surface area (Å²) in [6.45, 7) is 0. The van der Waals surface area contributed by atoms with Gasteiger partial charge in [-0.15, -0.1) is 0 Å². The second-order valence-corrected chi connectivity index (χ2v) is 5.06. The molecule has 0 bridgehead atoms. The zero-order valence-electron chi connectivity index (χ0n) is 12.9. The van der Waals surface area contributed by atoms with Crippen LogP contribution in [0.3, 0.4) is 0 Å². The summed E-state index contributed by atoms with van der Waals surface area (Å²) in [7, 11) is 1.54. The van der Waals surface area contributed by atoms with Crippen LogP contribution in [-0.2, 0) is 0 Å². The number of carbonyl (C=O) groups excluding carboxylic acids is 2. The van der Waals surface area contributed by atoms with Crippen LogP contribution in [0.2, 0.25) is 0 Å². The molecule has 6 heteroatoms. The Bertz CT molecular complexity index is 872. The summed E-state index contributed by atoms with van der Waals surface area (Å²) in [5.41, 5.74) is 1.64. The number of carbonyl (C=O) groups is 2. The summed E-state index contributed by atoms with van der Waals surface area (Å²) in [6.07, 6.45) is 0. The summed E-state index contributed by atoms with van der Waals surface area (Å²) >= 11 is 0. The van der Waals surface area contributed by atoms with Crippen molar-refractivity contribution < 1.29 is 14.1 Å². The number of hydrogen-bond acceptors (Lipinski definition) is 4. The van der Waals surface area contributed by atoms with Crippen LogP contribution in [0, 0.1) is 0 Å². The van der Waals surface area contributed by atoms with Crippen LogP contribution in [-0.4, -0.2) is 24.0 Å². The Labute approximate surface area is 138 Å². The van der Waals surface area contributed by atoms with Gasteiger partial charge in [-0.2, -0.15) is 0 Å². The highest BCUT2D eigenvalue weighted by molar-refractivity contribution is 6.05. The van der Waals surface area contributed by atoms with Crippen molar-refractivity contribution in [3.8, 4) is 11.3 Å². The third kappa shape index (κ3) is 3.33. The van der Waals surface area contributed by atoms with Crippen molar-refractivity contribution >= 4 is 17.6 Å². The molecule has 3 aromatic rings. The van der Waals surface area contributed by atoms with Crippen LogP contribution < -0.4 is 10.6 Å². The van der Waals surface area contributed by atoms with Gasteiger partial charge in [-0.05, 0) is 18.2 Å². The number of rotatable bonds is 4. The molecular formula is C18H15N3O3.